The summed E-state index contributed by atoms with van der Waals surface area (Å²) in [6.07, 6.45) is 5.58. The Morgan fingerprint density at radius 1 is 0.923 bits per heavy atom. The summed E-state index contributed by atoms with van der Waals surface area (Å²) in [5.74, 6) is 0.0148. The van der Waals surface area contributed by atoms with Crippen LogP contribution >= 0.6 is 23.7 Å². The van der Waals surface area contributed by atoms with Gasteiger partial charge in [0.1, 0.15) is 0 Å². The Morgan fingerprint density at radius 2 is 1.77 bits per heavy atom. The Hall–Kier alpha value is -6.02. The maximum atomic E-state index is 14.0. The Bertz CT molecular complexity index is 2320. The number of carbonyl (C=O) groups excluding carboxylic acids is 2. The van der Waals surface area contributed by atoms with Crippen LogP contribution in [0.2, 0.25) is 0 Å². The predicted molar refractivity (Wildman–Crippen MR) is 205 cm³/mol. The van der Waals surface area contributed by atoms with Gasteiger partial charge in [-0.05, 0) is 73.0 Å². The number of anilines is 3. The summed E-state index contributed by atoms with van der Waals surface area (Å²) in [7, 11) is 1.57. The van der Waals surface area contributed by atoms with Crippen LogP contribution in [0.5, 0.6) is 0 Å². The third-order valence-corrected chi connectivity index (χ3v) is 9.19. The largest absolute Gasteiger partial charge is 0.381 e. The number of nitrogens with one attached hydrogen (secondary N) is 3. The first-order valence-electron chi connectivity index (χ1n) is 16.2. The molecule has 0 bridgehead atoms. The zero-order valence-corrected chi connectivity index (χ0v) is 29.7. The molecule has 52 heavy (non-hydrogen) atoms. The molecule has 0 saturated heterocycles. The van der Waals surface area contributed by atoms with E-state index in [1.54, 1.807) is 62.2 Å². The second kappa shape index (κ2) is 15.9. The van der Waals surface area contributed by atoms with Crippen LogP contribution in [0.4, 0.5) is 17.3 Å². The average Bonchev–Trinajstić information content (AvgIpc) is 3.84. The highest BCUT2D eigenvalue weighted by Crippen LogP contribution is 2.34. The number of benzene rings is 3. The van der Waals surface area contributed by atoms with E-state index in [1.165, 1.54) is 11.3 Å². The molecule has 2 atom stereocenters. The molecule has 0 fully saturated rings. The normalized spacial score (nSPS) is 12.1. The van der Waals surface area contributed by atoms with Crippen LogP contribution in [0.3, 0.4) is 0 Å². The third-order valence-electron chi connectivity index (χ3n) is 8.42. The fourth-order valence-electron chi connectivity index (χ4n) is 5.84. The molecule has 4 N–H and O–H groups in total. The number of rotatable bonds is 11. The Morgan fingerprint density at radius 3 is 2.52 bits per heavy atom. The van der Waals surface area contributed by atoms with E-state index in [-0.39, 0.29) is 18.3 Å². The standard InChI is InChI=1S/C38H33N9O3S.ClH/c1-23-10-12-27(21-29(23)46-38-42-16-14-28(45-38)26-9-6-15-40-22-26)43-36(50)33(48)32(19-24-7-4-3-5-8-24)47-31-13-11-25(35(49)39-2)20-30(31)44-34(47)37-41-17-18-51-37;/h3-18,20-22,32-33,48H,19H2,1-2H3,(H,39,49)(H,43,50)(H,42,45,46);1H. The zero-order valence-electron chi connectivity index (χ0n) is 28.1. The summed E-state index contributed by atoms with van der Waals surface area (Å²) in [4.78, 5) is 49.1. The molecule has 0 aliphatic rings. The number of halogens is 1. The number of pyridine rings is 1. The molecule has 0 aliphatic carbocycles. The Labute approximate surface area is 309 Å². The number of imidazole rings is 1. The van der Waals surface area contributed by atoms with Crippen molar-refractivity contribution in [3.8, 4) is 22.1 Å². The minimum Gasteiger partial charge on any atom is -0.381 e. The lowest BCUT2D eigenvalue weighted by Crippen LogP contribution is -2.37. The van der Waals surface area contributed by atoms with Crippen LogP contribution in [0, 0.1) is 6.92 Å². The maximum absolute atomic E-state index is 14.0. The SMILES string of the molecule is CNC(=O)c1ccc2c(c1)nc(-c1nccs1)n2C(Cc1ccccc1)C(O)C(=O)Nc1ccc(C)c(Nc2nccc(-c3cccnc3)n2)c1.Cl. The minimum atomic E-state index is -1.52. The molecule has 12 nitrogen and oxygen atoms in total. The average molecular weight is 732 g/mol. The Kier molecular flexibility index (Phi) is 10.9. The molecule has 4 aromatic heterocycles. The van der Waals surface area contributed by atoms with Crippen molar-refractivity contribution in [2.24, 2.45) is 0 Å². The summed E-state index contributed by atoms with van der Waals surface area (Å²) in [6.45, 7) is 1.93. The smallest absolute Gasteiger partial charge is 0.255 e. The van der Waals surface area contributed by atoms with Gasteiger partial charge < -0.3 is 25.6 Å². The quantitative estimate of drug-likeness (QED) is 0.115. The molecular formula is C38H34ClN9O3S. The summed E-state index contributed by atoms with van der Waals surface area (Å²) in [5, 5.41) is 23.2. The fourth-order valence-corrected chi connectivity index (χ4v) is 6.47. The van der Waals surface area contributed by atoms with Crippen molar-refractivity contribution in [3.05, 3.63) is 132 Å². The van der Waals surface area contributed by atoms with Crippen LogP contribution in [0.1, 0.15) is 27.5 Å². The number of hydrogen-bond acceptors (Lipinski definition) is 10. The number of aromatic nitrogens is 6. The van der Waals surface area contributed by atoms with Gasteiger partial charge in [-0.25, -0.2) is 19.9 Å². The van der Waals surface area contributed by atoms with Gasteiger partial charge in [-0.2, -0.15) is 0 Å². The van der Waals surface area contributed by atoms with E-state index in [2.05, 4.69) is 35.9 Å². The molecule has 4 heterocycles. The molecule has 0 radical (unpaired) electrons. The van der Waals surface area contributed by atoms with E-state index in [1.807, 2.05) is 71.5 Å². The van der Waals surface area contributed by atoms with Gasteiger partial charge in [-0.1, -0.05) is 36.4 Å². The lowest BCUT2D eigenvalue weighted by Gasteiger charge is -2.26. The summed E-state index contributed by atoms with van der Waals surface area (Å²) >= 11 is 1.39. The van der Waals surface area contributed by atoms with Gasteiger partial charge in [0.2, 0.25) is 5.95 Å². The number of amides is 2. The van der Waals surface area contributed by atoms with Gasteiger partial charge >= 0.3 is 0 Å². The monoisotopic (exact) mass is 731 g/mol. The van der Waals surface area contributed by atoms with Crippen molar-refractivity contribution in [3.63, 3.8) is 0 Å². The number of nitrogens with zero attached hydrogens (tertiary/aromatic N) is 6. The summed E-state index contributed by atoms with van der Waals surface area (Å²) < 4.78 is 1.85. The molecule has 14 heteroatoms. The number of fused-ring (bicyclic) bond motifs is 1. The lowest BCUT2D eigenvalue weighted by atomic mass is 9.99. The van der Waals surface area contributed by atoms with E-state index < -0.39 is 18.1 Å². The van der Waals surface area contributed by atoms with Crippen molar-refractivity contribution in [2.45, 2.75) is 25.5 Å². The lowest BCUT2D eigenvalue weighted by molar-refractivity contribution is -0.126. The van der Waals surface area contributed by atoms with Gasteiger partial charge in [0.25, 0.3) is 11.8 Å². The van der Waals surface area contributed by atoms with Gasteiger partial charge in [0, 0.05) is 59.7 Å². The molecule has 262 valence electrons. The van der Waals surface area contributed by atoms with E-state index >= 15 is 0 Å². The van der Waals surface area contributed by atoms with Gasteiger partial charge in [0.05, 0.1) is 22.8 Å². The van der Waals surface area contributed by atoms with Gasteiger partial charge in [-0.3, -0.25) is 14.6 Å². The first-order valence-corrected chi connectivity index (χ1v) is 17.0. The molecule has 0 aliphatic heterocycles. The van der Waals surface area contributed by atoms with Gasteiger partial charge in [-0.15, -0.1) is 23.7 Å². The topological polar surface area (TPSA) is 160 Å². The number of aliphatic hydroxyl groups is 1. The van der Waals surface area contributed by atoms with Crippen molar-refractivity contribution >= 4 is 63.9 Å². The maximum Gasteiger partial charge on any atom is 0.255 e. The van der Waals surface area contributed by atoms with E-state index in [4.69, 9.17) is 4.98 Å². The van der Waals surface area contributed by atoms with Crippen molar-refractivity contribution in [1.29, 1.82) is 0 Å². The molecule has 2 unspecified atom stereocenters. The molecule has 7 rings (SSSR count). The van der Waals surface area contributed by atoms with Crippen LogP contribution in [-0.4, -0.2) is 59.6 Å². The van der Waals surface area contributed by atoms with Crippen LogP contribution in [0.15, 0.2) is 115 Å². The molecule has 3 aromatic carbocycles. The highest BCUT2D eigenvalue weighted by atomic mass is 35.5. The second-order valence-corrected chi connectivity index (χ2v) is 12.7. The number of carbonyl (C=O) groups is 2. The number of aliphatic hydroxyl groups excluding tert-OH is 1. The molecule has 7 aromatic rings. The minimum absolute atomic E-state index is 0. The molecule has 0 saturated carbocycles. The third kappa shape index (κ3) is 7.66. The van der Waals surface area contributed by atoms with Crippen molar-refractivity contribution < 1.29 is 14.7 Å². The zero-order chi connectivity index (χ0) is 35.3. The van der Waals surface area contributed by atoms with Gasteiger partial charge in [0.15, 0.2) is 16.9 Å². The highest BCUT2D eigenvalue weighted by molar-refractivity contribution is 7.13. The van der Waals surface area contributed by atoms with Crippen molar-refractivity contribution in [2.75, 3.05) is 17.7 Å². The molecule has 2 amide bonds. The first kappa shape index (κ1) is 35.8. The fraction of sp³-hybridized carbons (Fsp3) is 0.132. The summed E-state index contributed by atoms with van der Waals surface area (Å²) in [6, 6.07) is 25.0. The predicted octanol–water partition coefficient (Wildman–Crippen LogP) is 6.63. The van der Waals surface area contributed by atoms with Crippen LogP contribution < -0.4 is 16.0 Å². The Balaban J connectivity index is 0.00000464. The summed E-state index contributed by atoms with van der Waals surface area (Å²) in [5.41, 5.74) is 6.17. The van der Waals surface area contributed by atoms with Crippen LogP contribution in [-0.2, 0) is 11.2 Å². The second-order valence-electron chi connectivity index (χ2n) is 11.8. The molecular weight excluding hydrogens is 698 g/mol. The number of hydrogen-bond donors (Lipinski definition) is 4. The van der Waals surface area contributed by atoms with E-state index in [0.29, 0.717) is 56.9 Å². The number of aryl methyl sites for hydroxylation is 1. The highest BCUT2D eigenvalue weighted by Gasteiger charge is 2.32. The first-order chi connectivity index (χ1) is 24.9. The number of thiazole rings is 1. The van der Waals surface area contributed by atoms with E-state index in [9.17, 15) is 14.7 Å². The van der Waals surface area contributed by atoms with Crippen molar-refractivity contribution in [1.82, 2.24) is 34.8 Å². The van der Waals surface area contributed by atoms with E-state index in [0.717, 1.165) is 16.7 Å². The molecule has 0 spiro atoms. The van der Waals surface area contributed by atoms with Crippen LogP contribution in [0.25, 0.3) is 33.1 Å².